The Morgan fingerprint density at radius 1 is 1.00 bits per heavy atom. The molecule has 0 unspecified atom stereocenters. The van der Waals surface area contributed by atoms with Gasteiger partial charge in [-0.15, -0.1) is 0 Å². The van der Waals surface area contributed by atoms with Crippen LogP contribution in [0, 0.1) is 19.8 Å². The molecule has 27 heavy (non-hydrogen) atoms. The predicted octanol–water partition coefficient (Wildman–Crippen LogP) is 4.31. The number of hydrogen-bond donors (Lipinski definition) is 2. The molecule has 2 amide bonds. The first-order chi connectivity index (χ1) is 12.8. The molecular weight excluding hydrogens is 358 g/mol. The number of carbonyl (C=O) groups is 2. The third kappa shape index (κ3) is 4.52. The molecule has 0 spiro atoms. The zero-order chi connectivity index (χ0) is 19.6. The lowest BCUT2D eigenvalue weighted by atomic mass is 10.0. The highest BCUT2D eigenvalue weighted by atomic mass is 32.1. The molecule has 0 saturated carbocycles. The second-order valence-electron chi connectivity index (χ2n) is 7.04. The van der Waals surface area contributed by atoms with Crippen molar-refractivity contribution in [1.29, 1.82) is 0 Å². The first-order valence-corrected chi connectivity index (χ1v) is 9.70. The zero-order valence-electron chi connectivity index (χ0n) is 15.9. The first-order valence-electron chi connectivity index (χ1n) is 8.89. The van der Waals surface area contributed by atoms with E-state index in [0.717, 1.165) is 21.3 Å². The van der Waals surface area contributed by atoms with Crippen molar-refractivity contribution in [3.05, 3.63) is 59.2 Å². The van der Waals surface area contributed by atoms with E-state index in [1.54, 1.807) is 12.1 Å². The highest BCUT2D eigenvalue weighted by molar-refractivity contribution is 7.22. The van der Waals surface area contributed by atoms with Crippen LogP contribution in [0.4, 0.5) is 5.13 Å². The van der Waals surface area contributed by atoms with Gasteiger partial charge in [-0.05, 0) is 49.6 Å². The third-order valence-electron chi connectivity index (χ3n) is 4.32. The van der Waals surface area contributed by atoms with Crippen LogP contribution in [0.15, 0.2) is 42.5 Å². The van der Waals surface area contributed by atoms with Crippen molar-refractivity contribution in [2.45, 2.75) is 33.7 Å². The number of aromatic nitrogens is 1. The molecule has 2 aromatic carbocycles. The fourth-order valence-corrected chi connectivity index (χ4v) is 3.70. The van der Waals surface area contributed by atoms with Crippen molar-refractivity contribution in [2.24, 2.45) is 5.92 Å². The molecule has 0 bridgehead atoms. The monoisotopic (exact) mass is 381 g/mol. The molecule has 0 fully saturated rings. The second kappa shape index (κ2) is 7.88. The van der Waals surface area contributed by atoms with Crippen molar-refractivity contribution < 1.29 is 9.59 Å². The van der Waals surface area contributed by atoms with Gasteiger partial charge in [-0.2, -0.15) is 0 Å². The number of benzene rings is 2. The molecule has 0 aliphatic rings. The Bertz CT molecular complexity index is 977. The number of hydrogen-bond acceptors (Lipinski definition) is 4. The molecule has 0 radical (unpaired) electrons. The summed E-state index contributed by atoms with van der Waals surface area (Å²) in [4.78, 5) is 29.7. The molecule has 5 nitrogen and oxygen atoms in total. The van der Waals surface area contributed by atoms with Crippen LogP contribution in [0.2, 0.25) is 0 Å². The average molecular weight is 382 g/mol. The van der Waals surface area contributed by atoms with Gasteiger partial charge in [0.25, 0.3) is 5.91 Å². The number of nitrogens with zero attached hydrogens (tertiary/aromatic N) is 1. The van der Waals surface area contributed by atoms with Crippen LogP contribution in [0.5, 0.6) is 0 Å². The third-order valence-corrected chi connectivity index (χ3v) is 5.26. The summed E-state index contributed by atoms with van der Waals surface area (Å²) in [5.41, 5.74) is 3.62. The van der Waals surface area contributed by atoms with Crippen molar-refractivity contribution >= 4 is 38.5 Å². The van der Waals surface area contributed by atoms with E-state index in [-0.39, 0.29) is 17.7 Å². The van der Waals surface area contributed by atoms with Gasteiger partial charge in [0.1, 0.15) is 6.04 Å². The lowest BCUT2D eigenvalue weighted by molar-refractivity contribution is -0.118. The maximum Gasteiger partial charge on any atom is 0.251 e. The molecule has 1 atom stereocenters. The minimum absolute atomic E-state index is 0.0592. The minimum atomic E-state index is -0.646. The van der Waals surface area contributed by atoms with Crippen LogP contribution in [-0.2, 0) is 4.79 Å². The standard InChI is InChI=1S/C21H23N3O2S/c1-12(2)18(23-19(25)15-8-5-13(3)6-9-15)20(26)24-21-22-16-10-7-14(4)11-17(16)27-21/h5-12,18H,1-4H3,(H,23,25)(H,22,24,26)/t18-/m1/s1. The SMILES string of the molecule is Cc1ccc(C(=O)N[C@@H](C(=O)Nc2nc3ccc(C)cc3s2)C(C)C)cc1. The van der Waals surface area contributed by atoms with Crippen molar-refractivity contribution in [2.75, 3.05) is 5.32 Å². The Kier molecular flexibility index (Phi) is 5.56. The fourth-order valence-electron chi connectivity index (χ4n) is 2.73. The number of nitrogens with one attached hydrogen (secondary N) is 2. The number of aryl methyl sites for hydroxylation is 2. The van der Waals surface area contributed by atoms with Gasteiger partial charge in [0.15, 0.2) is 5.13 Å². The van der Waals surface area contributed by atoms with Crippen molar-refractivity contribution in [3.8, 4) is 0 Å². The Labute approximate surface area is 162 Å². The number of fused-ring (bicyclic) bond motifs is 1. The predicted molar refractivity (Wildman–Crippen MR) is 110 cm³/mol. The largest absolute Gasteiger partial charge is 0.340 e. The van der Waals surface area contributed by atoms with Gasteiger partial charge in [-0.1, -0.05) is 48.9 Å². The summed E-state index contributed by atoms with van der Waals surface area (Å²) in [6, 6.07) is 12.6. The number of carbonyl (C=O) groups excluding carboxylic acids is 2. The van der Waals surface area contributed by atoms with Gasteiger partial charge in [0.05, 0.1) is 10.2 Å². The molecule has 0 aliphatic heterocycles. The van der Waals surface area contributed by atoms with Gasteiger partial charge in [-0.25, -0.2) is 4.98 Å². The highest BCUT2D eigenvalue weighted by Crippen LogP contribution is 2.27. The second-order valence-corrected chi connectivity index (χ2v) is 8.07. The molecule has 6 heteroatoms. The van der Waals surface area contributed by atoms with Gasteiger partial charge in [-0.3, -0.25) is 9.59 Å². The van der Waals surface area contributed by atoms with Gasteiger partial charge in [0.2, 0.25) is 5.91 Å². The molecule has 3 aromatic rings. The van der Waals surface area contributed by atoms with E-state index in [9.17, 15) is 9.59 Å². The number of anilines is 1. The average Bonchev–Trinajstić information content (AvgIpc) is 3.00. The Morgan fingerprint density at radius 3 is 2.33 bits per heavy atom. The Balaban J connectivity index is 1.74. The summed E-state index contributed by atoms with van der Waals surface area (Å²) in [7, 11) is 0. The number of rotatable bonds is 5. The minimum Gasteiger partial charge on any atom is -0.340 e. The summed E-state index contributed by atoms with van der Waals surface area (Å²) < 4.78 is 1.02. The highest BCUT2D eigenvalue weighted by Gasteiger charge is 2.25. The number of thiazole rings is 1. The van der Waals surface area contributed by atoms with Crippen LogP contribution in [0.1, 0.15) is 35.3 Å². The van der Waals surface area contributed by atoms with Crippen LogP contribution in [-0.4, -0.2) is 22.8 Å². The van der Waals surface area contributed by atoms with E-state index < -0.39 is 6.04 Å². The lowest BCUT2D eigenvalue weighted by Gasteiger charge is -2.21. The summed E-state index contributed by atoms with van der Waals surface area (Å²) >= 11 is 1.43. The molecule has 0 saturated heterocycles. The lowest BCUT2D eigenvalue weighted by Crippen LogP contribution is -2.47. The van der Waals surface area contributed by atoms with E-state index in [1.807, 2.05) is 58.0 Å². The maximum atomic E-state index is 12.8. The van der Waals surface area contributed by atoms with Gasteiger partial charge < -0.3 is 10.6 Å². The first kappa shape index (κ1) is 19.0. The quantitative estimate of drug-likeness (QED) is 0.692. The zero-order valence-corrected chi connectivity index (χ0v) is 16.7. The molecule has 3 rings (SSSR count). The van der Waals surface area contributed by atoms with E-state index in [4.69, 9.17) is 0 Å². The molecule has 1 heterocycles. The van der Waals surface area contributed by atoms with Crippen LogP contribution >= 0.6 is 11.3 Å². The smallest absolute Gasteiger partial charge is 0.251 e. The van der Waals surface area contributed by atoms with E-state index in [1.165, 1.54) is 11.3 Å². The van der Waals surface area contributed by atoms with E-state index in [2.05, 4.69) is 15.6 Å². The van der Waals surface area contributed by atoms with Gasteiger partial charge >= 0.3 is 0 Å². The van der Waals surface area contributed by atoms with E-state index in [0.29, 0.717) is 10.7 Å². The fraction of sp³-hybridized carbons (Fsp3) is 0.286. The van der Waals surface area contributed by atoms with Crippen LogP contribution in [0.3, 0.4) is 0 Å². The van der Waals surface area contributed by atoms with Crippen molar-refractivity contribution in [1.82, 2.24) is 10.3 Å². The summed E-state index contributed by atoms with van der Waals surface area (Å²) in [6.45, 7) is 7.79. The molecule has 0 aliphatic carbocycles. The topological polar surface area (TPSA) is 71.1 Å². The molecular formula is C21H23N3O2S. The molecule has 2 N–H and O–H groups in total. The number of amides is 2. The molecule has 140 valence electrons. The Hall–Kier alpha value is -2.73. The van der Waals surface area contributed by atoms with Crippen LogP contribution in [0.25, 0.3) is 10.2 Å². The summed E-state index contributed by atoms with van der Waals surface area (Å²) in [5, 5.41) is 6.23. The van der Waals surface area contributed by atoms with Gasteiger partial charge in [0, 0.05) is 5.56 Å². The van der Waals surface area contributed by atoms with Crippen LogP contribution < -0.4 is 10.6 Å². The van der Waals surface area contributed by atoms with Crippen molar-refractivity contribution in [3.63, 3.8) is 0 Å². The molecule has 1 aromatic heterocycles. The summed E-state index contributed by atoms with van der Waals surface area (Å²) in [6.07, 6.45) is 0. The van der Waals surface area contributed by atoms with E-state index >= 15 is 0 Å². The normalized spacial score (nSPS) is 12.2. The maximum absolute atomic E-state index is 12.8. The Morgan fingerprint density at radius 2 is 1.67 bits per heavy atom. The summed E-state index contributed by atoms with van der Waals surface area (Å²) in [5.74, 6) is -0.582.